The SMILES string of the molecule is C[n+]1ccn(CC(=O)Nc2cccc(N(O)C(=O)Cn3cc[n+](C)c3)c2)c1. The molecule has 0 spiro atoms. The van der Waals surface area contributed by atoms with Gasteiger partial charge in [0.05, 0.1) is 19.8 Å². The van der Waals surface area contributed by atoms with Crippen molar-refractivity contribution in [2.24, 2.45) is 14.1 Å². The van der Waals surface area contributed by atoms with E-state index in [1.165, 1.54) is 0 Å². The molecule has 0 aliphatic carbocycles. The number of imidazole rings is 2. The smallest absolute Gasteiger partial charge is 0.292 e. The predicted molar refractivity (Wildman–Crippen MR) is 95.6 cm³/mol. The summed E-state index contributed by atoms with van der Waals surface area (Å²) in [6, 6.07) is 6.49. The average Bonchev–Trinajstić information content (AvgIpc) is 3.22. The van der Waals surface area contributed by atoms with Crippen LogP contribution < -0.4 is 19.5 Å². The van der Waals surface area contributed by atoms with Gasteiger partial charge in [0.1, 0.15) is 24.8 Å². The van der Waals surface area contributed by atoms with E-state index in [2.05, 4.69) is 5.32 Å². The Kier molecular flexibility index (Phi) is 5.32. The van der Waals surface area contributed by atoms with Crippen molar-refractivity contribution in [3.05, 3.63) is 61.7 Å². The number of amides is 2. The van der Waals surface area contributed by atoms with Crippen LogP contribution >= 0.6 is 0 Å². The zero-order valence-electron chi connectivity index (χ0n) is 15.2. The van der Waals surface area contributed by atoms with Gasteiger partial charge >= 0.3 is 0 Å². The van der Waals surface area contributed by atoms with E-state index in [1.807, 2.05) is 24.9 Å². The summed E-state index contributed by atoms with van der Waals surface area (Å²) in [5.74, 6) is -0.700. The molecule has 9 heteroatoms. The van der Waals surface area contributed by atoms with Crippen LogP contribution in [-0.4, -0.2) is 26.2 Å². The topological polar surface area (TPSA) is 87.3 Å². The molecule has 0 atom stereocenters. The van der Waals surface area contributed by atoms with Gasteiger partial charge in [-0.2, -0.15) is 5.06 Å². The number of aryl methyl sites for hydroxylation is 2. The molecule has 0 fully saturated rings. The van der Waals surface area contributed by atoms with Gasteiger partial charge in [-0.3, -0.25) is 14.8 Å². The van der Waals surface area contributed by atoms with Crippen LogP contribution in [0, 0.1) is 0 Å². The van der Waals surface area contributed by atoms with Gasteiger partial charge in [-0.15, -0.1) is 0 Å². The van der Waals surface area contributed by atoms with E-state index in [4.69, 9.17) is 0 Å². The van der Waals surface area contributed by atoms with Gasteiger partial charge in [-0.05, 0) is 18.2 Å². The van der Waals surface area contributed by atoms with Crippen LogP contribution in [0.2, 0.25) is 0 Å². The van der Waals surface area contributed by atoms with E-state index in [1.54, 1.807) is 69.2 Å². The molecule has 9 nitrogen and oxygen atoms in total. The third kappa shape index (κ3) is 4.79. The van der Waals surface area contributed by atoms with E-state index in [9.17, 15) is 14.8 Å². The number of anilines is 2. The van der Waals surface area contributed by atoms with Crippen LogP contribution in [0.3, 0.4) is 0 Å². The fraction of sp³-hybridized carbons (Fsp3) is 0.222. The molecule has 2 amide bonds. The molecular weight excluding hydrogens is 348 g/mol. The van der Waals surface area contributed by atoms with Crippen molar-refractivity contribution >= 4 is 23.2 Å². The second-order valence-corrected chi connectivity index (χ2v) is 6.31. The Morgan fingerprint density at radius 3 is 2.30 bits per heavy atom. The number of nitrogens with zero attached hydrogens (tertiary/aromatic N) is 5. The van der Waals surface area contributed by atoms with Crippen LogP contribution in [0.5, 0.6) is 0 Å². The number of carbonyl (C=O) groups is 2. The molecule has 2 heterocycles. The van der Waals surface area contributed by atoms with Gasteiger partial charge in [0, 0.05) is 5.69 Å². The quantitative estimate of drug-likeness (QED) is 0.364. The molecule has 140 valence electrons. The first-order valence-corrected chi connectivity index (χ1v) is 8.34. The second-order valence-electron chi connectivity index (χ2n) is 6.31. The molecule has 0 saturated carbocycles. The Balaban J connectivity index is 1.63. The monoisotopic (exact) mass is 370 g/mol. The molecule has 3 aromatic rings. The molecule has 27 heavy (non-hydrogen) atoms. The third-order valence-electron chi connectivity index (χ3n) is 3.90. The standard InChI is InChI=1S/C18H21N6O3/c1-20-6-8-22(13-20)11-17(25)19-15-4-3-5-16(10-15)24(27)18(26)12-23-9-7-21(2)14-23/h3-10,13-14,27H,11-12H2,1-2H3/q+1/p+1. The molecular formula is C18H22N6O3+2. The summed E-state index contributed by atoms with van der Waals surface area (Å²) >= 11 is 0. The van der Waals surface area contributed by atoms with E-state index in [0.29, 0.717) is 10.8 Å². The first-order chi connectivity index (χ1) is 12.9. The van der Waals surface area contributed by atoms with Crippen LogP contribution in [0.4, 0.5) is 11.4 Å². The van der Waals surface area contributed by atoms with Gasteiger partial charge in [0.15, 0.2) is 13.1 Å². The molecule has 1 aromatic carbocycles. The molecule has 0 aliphatic rings. The molecule has 0 bridgehead atoms. The third-order valence-corrected chi connectivity index (χ3v) is 3.90. The fourth-order valence-electron chi connectivity index (χ4n) is 2.64. The number of hydroxylamine groups is 1. The Labute approximate surface area is 156 Å². The second kappa shape index (κ2) is 7.83. The highest BCUT2D eigenvalue weighted by Gasteiger charge is 2.17. The van der Waals surface area contributed by atoms with Gasteiger partial charge < -0.3 is 5.32 Å². The lowest BCUT2D eigenvalue weighted by Crippen LogP contribution is -2.31. The van der Waals surface area contributed by atoms with Crippen molar-refractivity contribution in [1.82, 2.24) is 9.13 Å². The van der Waals surface area contributed by atoms with Crippen LogP contribution in [0.15, 0.2) is 61.7 Å². The predicted octanol–water partition coefficient (Wildman–Crippen LogP) is -0.000300. The molecule has 2 aromatic heterocycles. The van der Waals surface area contributed by atoms with Crippen molar-refractivity contribution in [1.29, 1.82) is 0 Å². The first-order valence-electron chi connectivity index (χ1n) is 8.34. The molecule has 0 unspecified atom stereocenters. The highest BCUT2D eigenvalue weighted by atomic mass is 16.5. The van der Waals surface area contributed by atoms with Gasteiger partial charge in [-0.1, -0.05) is 6.07 Å². The normalized spacial score (nSPS) is 10.6. The Morgan fingerprint density at radius 1 is 1.07 bits per heavy atom. The molecule has 3 rings (SSSR count). The zero-order valence-corrected chi connectivity index (χ0v) is 15.2. The number of rotatable bonds is 6. The lowest BCUT2D eigenvalue weighted by molar-refractivity contribution is -0.671. The Hall–Kier alpha value is -3.46. The van der Waals surface area contributed by atoms with E-state index >= 15 is 0 Å². The number of nitrogens with one attached hydrogen (secondary N) is 1. The maximum absolute atomic E-state index is 12.3. The van der Waals surface area contributed by atoms with Crippen molar-refractivity contribution < 1.29 is 23.9 Å². The lowest BCUT2D eigenvalue weighted by Gasteiger charge is -2.15. The number of hydrogen-bond acceptors (Lipinski definition) is 3. The summed E-state index contributed by atoms with van der Waals surface area (Å²) in [5, 5.41) is 13.5. The molecule has 0 aliphatic heterocycles. The molecule has 0 radical (unpaired) electrons. The maximum atomic E-state index is 12.3. The van der Waals surface area contributed by atoms with Crippen molar-refractivity contribution in [2.75, 3.05) is 10.4 Å². The number of carbonyl (C=O) groups excluding carboxylic acids is 2. The van der Waals surface area contributed by atoms with E-state index < -0.39 is 5.91 Å². The largest absolute Gasteiger partial charge is 0.323 e. The Bertz CT molecular complexity index is 961. The molecule has 2 N–H and O–H groups in total. The number of benzene rings is 1. The first kappa shape index (κ1) is 18.3. The van der Waals surface area contributed by atoms with Gasteiger partial charge in [-0.25, -0.2) is 18.3 Å². The summed E-state index contributed by atoms with van der Waals surface area (Å²) < 4.78 is 7.05. The van der Waals surface area contributed by atoms with Crippen LogP contribution in [0.25, 0.3) is 0 Å². The van der Waals surface area contributed by atoms with Crippen LogP contribution in [-0.2, 0) is 36.8 Å². The van der Waals surface area contributed by atoms with Crippen molar-refractivity contribution in [3.63, 3.8) is 0 Å². The van der Waals surface area contributed by atoms with Gasteiger partial charge in [0.2, 0.25) is 12.7 Å². The van der Waals surface area contributed by atoms with Crippen molar-refractivity contribution in [3.8, 4) is 0 Å². The Morgan fingerprint density at radius 2 is 1.70 bits per heavy atom. The lowest BCUT2D eigenvalue weighted by atomic mass is 10.2. The fourth-order valence-corrected chi connectivity index (χ4v) is 2.64. The zero-order chi connectivity index (χ0) is 19.4. The summed E-state index contributed by atoms with van der Waals surface area (Å²) in [5.41, 5.74) is 0.773. The minimum atomic E-state index is -0.491. The number of aromatic nitrogens is 4. The van der Waals surface area contributed by atoms with Gasteiger partial charge in [0.25, 0.3) is 11.8 Å². The summed E-state index contributed by atoms with van der Waals surface area (Å²) in [6.07, 6.45) is 10.7. The minimum absolute atomic E-state index is 0.00141. The van der Waals surface area contributed by atoms with E-state index in [-0.39, 0.29) is 24.7 Å². The van der Waals surface area contributed by atoms with Crippen LogP contribution in [0.1, 0.15) is 0 Å². The maximum Gasteiger partial charge on any atom is 0.292 e. The van der Waals surface area contributed by atoms with Crippen molar-refractivity contribution in [2.45, 2.75) is 13.1 Å². The summed E-state index contributed by atoms with van der Waals surface area (Å²) in [7, 11) is 3.72. The summed E-state index contributed by atoms with van der Waals surface area (Å²) in [4.78, 5) is 24.4. The molecule has 0 saturated heterocycles. The minimum Gasteiger partial charge on any atom is -0.323 e. The van der Waals surface area contributed by atoms with E-state index in [0.717, 1.165) is 0 Å². The summed E-state index contributed by atoms with van der Waals surface area (Å²) in [6.45, 7) is 0.163. The average molecular weight is 370 g/mol. The highest BCUT2D eigenvalue weighted by molar-refractivity contribution is 5.94. The number of hydrogen-bond donors (Lipinski definition) is 2. The highest BCUT2D eigenvalue weighted by Crippen LogP contribution is 2.18.